The van der Waals surface area contributed by atoms with Gasteiger partial charge in [0.2, 0.25) is 0 Å². The molecule has 0 aliphatic heterocycles. The molecule has 25 heavy (non-hydrogen) atoms. The van der Waals surface area contributed by atoms with Crippen LogP contribution in [0.2, 0.25) is 0 Å². The zero-order valence-electron chi connectivity index (χ0n) is 15.0. The SMILES string of the molecule is CCOC(=O)C1C(CSC(C)=O)C1C(NC(=O)OC(C)(C)C)C(=O)O. The second-order valence-corrected chi connectivity index (χ2v) is 7.98. The summed E-state index contributed by atoms with van der Waals surface area (Å²) in [5.41, 5.74) is -0.777. The van der Waals surface area contributed by atoms with Gasteiger partial charge in [0, 0.05) is 18.6 Å². The first-order valence-electron chi connectivity index (χ1n) is 8.00. The van der Waals surface area contributed by atoms with Crippen molar-refractivity contribution in [3.63, 3.8) is 0 Å². The van der Waals surface area contributed by atoms with Gasteiger partial charge in [0.15, 0.2) is 5.12 Å². The number of ether oxygens (including phenoxy) is 2. The van der Waals surface area contributed by atoms with Gasteiger partial charge in [-0.3, -0.25) is 9.59 Å². The summed E-state index contributed by atoms with van der Waals surface area (Å²) >= 11 is 1.02. The van der Waals surface area contributed by atoms with E-state index in [4.69, 9.17) is 9.47 Å². The highest BCUT2D eigenvalue weighted by Crippen LogP contribution is 2.51. The van der Waals surface area contributed by atoms with Crippen LogP contribution in [0.3, 0.4) is 0 Å². The Morgan fingerprint density at radius 1 is 1.24 bits per heavy atom. The standard InChI is InChI=1S/C16H25NO7S/c1-6-23-14(21)11-9(7-25-8(2)18)10(11)12(13(19)20)17-15(22)24-16(3,4)5/h9-12H,6-7H2,1-5H3,(H,17,22)(H,19,20). The molecule has 1 aliphatic carbocycles. The molecule has 1 rings (SSSR count). The lowest BCUT2D eigenvalue weighted by Gasteiger charge is -2.22. The van der Waals surface area contributed by atoms with Gasteiger partial charge in [-0.25, -0.2) is 9.59 Å². The Bertz CT molecular complexity index is 543. The minimum absolute atomic E-state index is 0.125. The predicted octanol–water partition coefficient (Wildman–Crippen LogP) is 1.67. The summed E-state index contributed by atoms with van der Waals surface area (Å²) in [6, 6.07) is -1.29. The Hall–Kier alpha value is -1.77. The minimum atomic E-state index is -1.29. The molecule has 8 nitrogen and oxygen atoms in total. The summed E-state index contributed by atoms with van der Waals surface area (Å²) in [5, 5.41) is 11.7. The first kappa shape index (κ1) is 21.3. The van der Waals surface area contributed by atoms with Gasteiger partial charge in [0.05, 0.1) is 12.5 Å². The molecule has 142 valence electrons. The van der Waals surface area contributed by atoms with Crippen molar-refractivity contribution in [1.82, 2.24) is 5.32 Å². The number of hydrogen-bond acceptors (Lipinski definition) is 7. The number of nitrogens with one attached hydrogen (secondary N) is 1. The maximum absolute atomic E-state index is 12.1. The second kappa shape index (κ2) is 8.55. The van der Waals surface area contributed by atoms with Crippen molar-refractivity contribution < 1.29 is 33.8 Å². The topological polar surface area (TPSA) is 119 Å². The Morgan fingerprint density at radius 3 is 2.28 bits per heavy atom. The summed E-state index contributed by atoms with van der Waals surface area (Å²) in [5.74, 6) is -3.15. The third-order valence-electron chi connectivity index (χ3n) is 3.59. The molecule has 2 N–H and O–H groups in total. The molecule has 0 bridgehead atoms. The fraction of sp³-hybridized carbons (Fsp3) is 0.750. The highest BCUT2D eigenvalue weighted by Gasteiger charge is 2.61. The first-order valence-corrected chi connectivity index (χ1v) is 8.98. The molecule has 0 spiro atoms. The van der Waals surface area contributed by atoms with E-state index >= 15 is 0 Å². The molecule has 1 amide bonds. The number of carboxylic acid groups (broad SMARTS) is 1. The van der Waals surface area contributed by atoms with E-state index in [0.29, 0.717) is 5.75 Å². The molecule has 0 heterocycles. The molecule has 0 radical (unpaired) electrons. The van der Waals surface area contributed by atoms with Crippen molar-refractivity contribution in [3.05, 3.63) is 0 Å². The van der Waals surface area contributed by atoms with Gasteiger partial charge < -0.3 is 19.9 Å². The summed E-state index contributed by atoms with van der Waals surface area (Å²) in [7, 11) is 0. The van der Waals surface area contributed by atoms with E-state index in [1.165, 1.54) is 6.92 Å². The summed E-state index contributed by atoms with van der Waals surface area (Å²) in [6.07, 6.45) is -0.868. The van der Waals surface area contributed by atoms with Crippen molar-refractivity contribution in [2.24, 2.45) is 17.8 Å². The van der Waals surface area contributed by atoms with E-state index in [1.54, 1.807) is 27.7 Å². The maximum Gasteiger partial charge on any atom is 0.408 e. The van der Waals surface area contributed by atoms with Crippen LogP contribution in [-0.4, -0.2) is 52.3 Å². The number of rotatable bonds is 7. The molecule has 0 saturated heterocycles. The molecule has 1 saturated carbocycles. The number of aliphatic carboxylic acids is 1. The normalized spacial score (nSPS) is 23.3. The highest BCUT2D eigenvalue weighted by molar-refractivity contribution is 8.13. The fourth-order valence-electron chi connectivity index (χ4n) is 2.61. The summed E-state index contributed by atoms with van der Waals surface area (Å²) in [4.78, 5) is 46.7. The lowest BCUT2D eigenvalue weighted by molar-refractivity contribution is -0.145. The van der Waals surface area contributed by atoms with Gasteiger partial charge in [-0.15, -0.1) is 0 Å². The van der Waals surface area contributed by atoms with Gasteiger partial charge in [-0.05, 0) is 33.6 Å². The minimum Gasteiger partial charge on any atom is -0.480 e. The predicted molar refractivity (Wildman–Crippen MR) is 91.0 cm³/mol. The molecule has 4 unspecified atom stereocenters. The molecule has 1 fully saturated rings. The molecule has 0 aromatic heterocycles. The van der Waals surface area contributed by atoms with Crippen LogP contribution < -0.4 is 5.32 Å². The van der Waals surface area contributed by atoms with Crippen LogP contribution in [0.5, 0.6) is 0 Å². The Labute approximate surface area is 151 Å². The molecule has 4 atom stereocenters. The van der Waals surface area contributed by atoms with Crippen molar-refractivity contribution in [2.75, 3.05) is 12.4 Å². The third kappa shape index (κ3) is 6.56. The number of carboxylic acids is 1. The van der Waals surface area contributed by atoms with Crippen LogP contribution in [0, 0.1) is 17.8 Å². The van der Waals surface area contributed by atoms with E-state index < -0.39 is 41.5 Å². The van der Waals surface area contributed by atoms with Gasteiger partial charge in [-0.2, -0.15) is 0 Å². The molecule has 1 aliphatic rings. The largest absolute Gasteiger partial charge is 0.480 e. The number of hydrogen-bond donors (Lipinski definition) is 2. The Balaban J connectivity index is 2.87. The Kier molecular flexibility index (Phi) is 7.28. The van der Waals surface area contributed by atoms with Crippen LogP contribution in [0.15, 0.2) is 0 Å². The molecular weight excluding hydrogens is 350 g/mol. The maximum atomic E-state index is 12.1. The van der Waals surface area contributed by atoms with Crippen LogP contribution in [0.1, 0.15) is 34.6 Å². The van der Waals surface area contributed by atoms with Gasteiger partial charge in [0.1, 0.15) is 11.6 Å². The number of alkyl carbamates (subject to hydrolysis) is 1. The zero-order valence-corrected chi connectivity index (χ0v) is 15.8. The van der Waals surface area contributed by atoms with E-state index in [9.17, 15) is 24.3 Å². The van der Waals surface area contributed by atoms with E-state index in [0.717, 1.165) is 11.8 Å². The number of carbonyl (C=O) groups excluding carboxylic acids is 3. The average Bonchev–Trinajstić information content (AvgIpc) is 3.14. The van der Waals surface area contributed by atoms with Crippen LogP contribution in [-0.2, 0) is 23.9 Å². The lowest BCUT2D eigenvalue weighted by Crippen LogP contribution is -2.45. The number of esters is 1. The monoisotopic (exact) mass is 375 g/mol. The molecular formula is C16H25NO7S. The Morgan fingerprint density at radius 2 is 1.84 bits per heavy atom. The van der Waals surface area contributed by atoms with Crippen LogP contribution >= 0.6 is 11.8 Å². The number of thioether (sulfide) groups is 1. The number of amides is 1. The van der Waals surface area contributed by atoms with Crippen LogP contribution in [0.25, 0.3) is 0 Å². The molecule has 9 heteroatoms. The average molecular weight is 375 g/mol. The van der Waals surface area contributed by atoms with Crippen molar-refractivity contribution in [1.29, 1.82) is 0 Å². The quantitative estimate of drug-likeness (QED) is 0.645. The van der Waals surface area contributed by atoms with E-state index in [2.05, 4.69) is 5.32 Å². The highest BCUT2D eigenvalue weighted by atomic mass is 32.2. The summed E-state index contributed by atoms with van der Waals surface area (Å²) < 4.78 is 10.1. The fourth-order valence-corrected chi connectivity index (χ4v) is 3.47. The first-order chi connectivity index (χ1) is 11.5. The smallest absolute Gasteiger partial charge is 0.408 e. The van der Waals surface area contributed by atoms with E-state index in [1.807, 2.05) is 0 Å². The van der Waals surface area contributed by atoms with Crippen molar-refractivity contribution >= 4 is 34.9 Å². The van der Waals surface area contributed by atoms with Crippen molar-refractivity contribution in [2.45, 2.75) is 46.3 Å². The van der Waals surface area contributed by atoms with Crippen LogP contribution in [0.4, 0.5) is 4.79 Å². The van der Waals surface area contributed by atoms with E-state index in [-0.39, 0.29) is 17.6 Å². The summed E-state index contributed by atoms with van der Waals surface area (Å²) in [6.45, 7) is 8.21. The third-order valence-corrected chi connectivity index (χ3v) is 4.55. The van der Waals surface area contributed by atoms with Gasteiger partial charge >= 0.3 is 18.0 Å². The lowest BCUT2D eigenvalue weighted by atomic mass is 10.1. The second-order valence-electron chi connectivity index (χ2n) is 6.78. The van der Waals surface area contributed by atoms with Crippen molar-refractivity contribution in [3.8, 4) is 0 Å². The van der Waals surface area contributed by atoms with Gasteiger partial charge in [-0.1, -0.05) is 11.8 Å². The van der Waals surface area contributed by atoms with Gasteiger partial charge in [0.25, 0.3) is 0 Å². The number of carbonyl (C=O) groups is 4. The molecule has 0 aromatic rings. The molecule has 0 aromatic carbocycles. The zero-order chi connectivity index (χ0) is 19.4.